The summed E-state index contributed by atoms with van der Waals surface area (Å²) in [5, 5.41) is 0. The highest BCUT2D eigenvalue weighted by atomic mass is 79.9. The number of aromatic nitrogens is 1. The number of alkyl halides is 1. The molecule has 1 aromatic carbocycles. The van der Waals surface area contributed by atoms with E-state index in [9.17, 15) is 4.79 Å². The SMILES string of the molecule is COC(=O)c1ccc(Oc2ccc(Br)cc2C(C)Br)nc1. The van der Waals surface area contributed by atoms with Gasteiger partial charge in [0.15, 0.2) is 0 Å². The number of nitrogens with zero attached hydrogens (tertiary/aromatic N) is 1. The quantitative estimate of drug-likeness (QED) is 0.528. The summed E-state index contributed by atoms with van der Waals surface area (Å²) >= 11 is 6.98. The van der Waals surface area contributed by atoms with Crippen molar-refractivity contribution in [1.29, 1.82) is 0 Å². The van der Waals surface area contributed by atoms with E-state index in [1.807, 2.05) is 25.1 Å². The average Bonchev–Trinajstić information content (AvgIpc) is 2.49. The molecular weight excluding hydrogens is 402 g/mol. The van der Waals surface area contributed by atoms with Crippen molar-refractivity contribution in [2.24, 2.45) is 0 Å². The monoisotopic (exact) mass is 413 g/mol. The third-order valence-electron chi connectivity index (χ3n) is 2.77. The topological polar surface area (TPSA) is 48.4 Å². The summed E-state index contributed by atoms with van der Waals surface area (Å²) in [5.41, 5.74) is 1.39. The lowest BCUT2D eigenvalue weighted by Gasteiger charge is -2.12. The molecule has 0 saturated heterocycles. The van der Waals surface area contributed by atoms with Gasteiger partial charge in [0.25, 0.3) is 0 Å². The zero-order valence-electron chi connectivity index (χ0n) is 11.5. The molecule has 1 aromatic heterocycles. The van der Waals surface area contributed by atoms with Crippen molar-refractivity contribution in [3.63, 3.8) is 0 Å². The lowest BCUT2D eigenvalue weighted by Crippen LogP contribution is -2.02. The summed E-state index contributed by atoms with van der Waals surface area (Å²) in [6.07, 6.45) is 1.43. The number of rotatable bonds is 4. The molecule has 0 amide bonds. The number of carbonyl (C=O) groups is 1. The van der Waals surface area contributed by atoms with Crippen LogP contribution in [0.25, 0.3) is 0 Å². The van der Waals surface area contributed by atoms with Crippen LogP contribution in [-0.4, -0.2) is 18.1 Å². The Labute approximate surface area is 139 Å². The van der Waals surface area contributed by atoms with Gasteiger partial charge in [0.1, 0.15) is 5.75 Å². The van der Waals surface area contributed by atoms with Crippen molar-refractivity contribution in [1.82, 2.24) is 4.98 Å². The lowest BCUT2D eigenvalue weighted by molar-refractivity contribution is 0.0600. The minimum absolute atomic E-state index is 0.138. The van der Waals surface area contributed by atoms with Gasteiger partial charge in [0.2, 0.25) is 5.88 Å². The van der Waals surface area contributed by atoms with Crippen molar-refractivity contribution >= 4 is 37.8 Å². The van der Waals surface area contributed by atoms with Crippen molar-refractivity contribution in [2.45, 2.75) is 11.8 Å². The molecule has 0 fully saturated rings. The number of halogens is 2. The predicted molar refractivity (Wildman–Crippen MR) is 87.1 cm³/mol. The largest absolute Gasteiger partial charge is 0.465 e. The van der Waals surface area contributed by atoms with Crippen LogP contribution in [0.4, 0.5) is 0 Å². The maximum atomic E-state index is 11.3. The number of hydrogen-bond acceptors (Lipinski definition) is 4. The van der Waals surface area contributed by atoms with E-state index in [2.05, 4.69) is 41.6 Å². The molecule has 1 heterocycles. The first-order valence-electron chi connectivity index (χ1n) is 6.17. The van der Waals surface area contributed by atoms with Gasteiger partial charge in [-0.15, -0.1) is 0 Å². The molecule has 0 aliphatic rings. The van der Waals surface area contributed by atoms with Crippen LogP contribution in [0.5, 0.6) is 11.6 Å². The number of methoxy groups -OCH3 is 1. The molecule has 0 bridgehead atoms. The first kappa shape index (κ1) is 16.0. The average molecular weight is 415 g/mol. The van der Waals surface area contributed by atoms with Gasteiger partial charge in [-0.3, -0.25) is 0 Å². The number of hydrogen-bond donors (Lipinski definition) is 0. The second kappa shape index (κ2) is 7.04. The van der Waals surface area contributed by atoms with Crippen molar-refractivity contribution in [2.75, 3.05) is 7.11 Å². The van der Waals surface area contributed by atoms with Crippen LogP contribution >= 0.6 is 31.9 Å². The maximum Gasteiger partial charge on any atom is 0.339 e. The minimum Gasteiger partial charge on any atom is -0.465 e. The second-order valence-corrected chi connectivity index (χ2v) is 6.57. The highest BCUT2D eigenvalue weighted by Crippen LogP contribution is 2.35. The fourth-order valence-corrected chi connectivity index (χ4v) is 2.45. The van der Waals surface area contributed by atoms with Crippen LogP contribution in [-0.2, 0) is 4.74 Å². The summed E-state index contributed by atoms with van der Waals surface area (Å²) in [6, 6.07) is 9.00. The molecule has 21 heavy (non-hydrogen) atoms. The van der Waals surface area contributed by atoms with E-state index < -0.39 is 5.97 Å². The van der Waals surface area contributed by atoms with Gasteiger partial charge in [0.05, 0.1) is 12.7 Å². The van der Waals surface area contributed by atoms with Gasteiger partial charge >= 0.3 is 5.97 Å². The number of carbonyl (C=O) groups excluding carboxylic acids is 1. The molecule has 0 aliphatic carbocycles. The molecule has 0 N–H and O–H groups in total. The maximum absolute atomic E-state index is 11.3. The Balaban J connectivity index is 2.24. The van der Waals surface area contributed by atoms with Crippen LogP contribution in [0.3, 0.4) is 0 Å². The smallest absolute Gasteiger partial charge is 0.339 e. The van der Waals surface area contributed by atoms with E-state index in [1.54, 1.807) is 12.1 Å². The van der Waals surface area contributed by atoms with Crippen LogP contribution in [0.2, 0.25) is 0 Å². The highest BCUT2D eigenvalue weighted by molar-refractivity contribution is 9.10. The number of benzene rings is 1. The van der Waals surface area contributed by atoms with Gasteiger partial charge in [-0.25, -0.2) is 9.78 Å². The summed E-state index contributed by atoms with van der Waals surface area (Å²) < 4.78 is 11.4. The Kier molecular flexibility index (Phi) is 5.36. The molecule has 6 heteroatoms. The van der Waals surface area contributed by atoms with Gasteiger partial charge in [-0.2, -0.15) is 0 Å². The summed E-state index contributed by atoms with van der Waals surface area (Å²) in [6.45, 7) is 2.02. The molecule has 0 spiro atoms. The van der Waals surface area contributed by atoms with E-state index in [-0.39, 0.29) is 4.83 Å². The third-order valence-corrected chi connectivity index (χ3v) is 3.76. The molecule has 4 nitrogen and oxygen atoms in total. The minimum atomic E-state index is -0.424. The zero-order valence-corrected chi connectivity index (χ0v) is 14.6. The fraction of sp³-hybridized carbons (Fsp3) is 0.200. The van der Waals surface area contributed by atoms with Crippen LogP contribution in [0.15, 0.2) is 41.0 Å². The molecule has 0 saturated carbocycles. The predicted octanol–water partition coefficient (Wildman–Crippen LogP) is 4.88. The van der Waals surface area contributed by atoms with E-state index in [4.69, 9.17) is 4.74 Å². The number of esters is 1. The van der Waals surface area contributed by atoms with E-state index in [0.717, 1.165) is 10.0 Å². The Bertz CT molecular complexity index is 642. The van der Waals surface area contributed by atoms with E-state index in [1.165, 1.54) is 13.3 Å². The van der Waals surface area contributed by atoms with Gasteiger partial charge in [-0.05, 0) is 31.2 Å². The van der Waals surface area contributed by atoms with Crippen LogP contribution < -0.4 is 4.74 Å². The van der Waals surface area contributed by atoms with Gasteiger partial charge in [-0.1, -0.05) is 31.9 Å². The van der Waals surface area contributed by atoms with Gasteiger partial charge < -0.3 is 9.47 Å². The fourth-order valence-electron chi connectivity index (χ4n) is 1.72. The van der Waals surface area contributed by atoms with Crippen molar-refractivity contribution in [3.8, 4) is 11.6 Å². The van der Waals surface area contributed by atoms with E-state index >= 15 is 0 Å². The summed E-state index contributed by atoms with van der Waals surface area (Å²) in [7, 11) is 1.33. The van der Waals surface area contributed by atoms with Crippen molar-refractivity contribution in [3.05, 3.63) is 52.1 Å². The van der Waals surface area contributed by atoms with Crippen LogP contribution in [0, 0.1) is 0 Å². The summed E-state index contributed by atoms with van der Waals surface area (Å²) in [5.74, 6) is 0.702. The Morgan fingerprint density at radius 2 is 2.05 bits per heavy atom. The molecular formula is C15H13Br2NO3. The molecule has 1 atom stereocenters. The zero-order chi connectivity index (χ0) is 15.4. The van der Waals surface area contributed by atoms with Gasteiger partial charge in [0, 0.05) is 27.1 Å². The lowest BCUT2D eigenvalue weighted by atomic mass is 10.1. The third kappa shape index (κ3) is 4.04. The summed E-state index contributed by atoms with van der Waals surface area (Å²) in [4.78, 5) is 15.6. The normalized spacial score (nSPS) is 11.8. The number of ether oxygens (including phenoxy) is 2. The molecule has 0 radical (unpaired) electrons. The first-order chi connectivity index (χ1) is 10.0. The molecule has 1 unspecified atom stereocenters. The van der Waals surface area contributed by atoms with Crippen molar-refractivity contribution < 1.29 is 14.3 Å². The molecule has 2 rings (SSSR count). The standard InChI is InChI=1S/C15H13Br2NO3/c1-9(16)12-7-11(17)4-5-13(12)21-14-6-3-10(8-18-14)15(19)20-2/h3-9H,1-2H3. The second-order valence-electron chi connectivity index (χ2n) is 4.28. The Hall–Kier alpha value is -1.40. The van der Waals surface area contributed by atoms with Crippen LogP contribution in [0.1, 0.15) is 27.7 Å². The Morgan fingerprint density at radius 1 is 1.29 bits per heavy atom. The Morgan fingerprint density at radius 3 is 2.62 bits per heavy atom. The first-order valence-corrected chi connectivity index (χ1v) is 7.88. The molecule has 2 aromatic rings. The number of pyridine rings is 1. The van der Waals surface area contributed by atoms with E-state index in [0.29, 0.717) is 17.2 Å². The highest BCUT2D eigenvalue weighted by Gasteiger charge is 2.12. The molecule has 110 valence electrons. The molecule has 0 aliphatic heterocycles.